The minimum atomic E-state index is -3.85. The highest BCUT2D eigenvalue weighted by Crippen LogP contribution is 2.31. The van der Waals surface area contributed by atoms with Gasteiger partial charge in [-0.1, -0.05) is 42.5 Å². The van der Waals surface area contributed by atoms with Crippen LogP contribution in [0.25, 0.3) is 0 Å². The summed E-state index contributed by atoms with van der Waals surface area (Å²) in [5.74, 6) is -0.653. The molecule has 4 rings (SSSR count). The highest BCUT2D eigenvalue weighted by Gasteiger charge is 2.34. The molecule has 3 aromatic carbocycles. The van der Waals surface area contributed by atoms with E-state index in [0.29, 0.717) is 11.3 Å². The van der Waals surface area contributed by atoms with Crippen LogP contribution in [0.2, 0.25) is 0 Å². The summed E-state index contributed by atoms with van der Waals surface area (Å²) in [5, 5.41) is 0. The van der Waals surface area contributed by atoms with Crippen molar-refractivity contribution >= 4 is 21.6 Å². The number of hydrogen-bond donors (Lipinski definition) is 0. The van der Waals surface area contributed by atoms with E-state index in [0.717, 1.165) is 12.8 Å². The molecule has 1 fully saturated rings. The van der Waals surface area contributed by atoms with Gasteiger partial charge in [-0.3, -0.25) is 9.10 Å². The molecule has 0 N–H and O–H groups in total. The number of carbonyl (C=O) groups is 1. The van der Waals surface area contributed by atoms with Gasteiger partial charge in [-0.05, 0) is 56.2 Å². The maximum atomic E-state index is 14.2. The molecule has 0 saturated heterocycles. The third-order valence-corrected chi connectivity index (χ3v) is 7.45. The number of sulfonamides is 1. The molecule has 0 unspecified atom stereocenters. The van der Waals surface area contributed by atoms with Crippen molar-refractivity contribution in [1.82, 2.24) is 4.90 Å². The van der Waals surface area contributed by atoms with E-state index in [4.69, 9.17) is 0 Å². The Labute approximate surface area is 188 Å². The van der Waals surface area contributed by atoms with Gasteiger partial charge in [0.1, 0.15) is 5.82 Å². The minimum Gasteiger partial charge on any atom is -0.331 e. The number of benzene rings is 3. The lowest BCUT2D eigenvalue weighted by Crippen LogP contribution is -2.33. The molecule has 0 radical (unpaired) electrons. The SMILES string of the molecule is CCN(c1ccccc1)S(=O)(=O)c1cccc(C(=O)N(Cc2ccccc2F)C2CC2)c1. The minimum absolute atomic E-state index is 0.0406. The van der Waals surface area contributed by atoms with Crippen LogP contribution in [0.15, 0.2) is 83.8 Å². The average Bonchev–Trinajstić information content (AvgIpc) is 3.64. The third-order valence-electron chi connectivity index (χ3n) is 5.55. The van der Waals surface area contributed by atoms with Gasteiger partial charge in [-0.25, -0.2) is 12.8 Å². The quantitative estimate of drug-likeness (QED) is 0.491. The summed E-state index contributed by atoms with van der Waals surface area (Å²) in [5.41, 5.74) is 1.28. The molecule has 166 valence electrons. The first-order chi connectivity index (χ1) is 15.4. The highest BCUT2D eigenvalue weighted by atomic mass is 32.2. The van der Waals surface area contributed by atoms with Gasteiger partial charge < -0.3 is 4.90 Å². The average molecular weight is 453 g/mol. The normalized spacial score (nSPS) is 13.6. The Hall–Kier alpha value is -3.19. The molecule has 0 atom stereocenters. The lowest BCUT2D eigenvalue weighted by molar-refractivity contribution is 0.0728. The van der Waals surface area contributed by atoms with E-state index in [1.54, 1.807) is 66.4 Å². The van der Waals surface area contributed by atoms with E-state index in [1.807, 2.05) is 6.07 Å². The fourth-order valence-electron chi connectivity index (χ4n) is 3.73. The van der Waals surface area contributed by atoms with E-state index in [-0.39, 0.29) is 41.3 Å². The van der Waals surface area contributed by atoms with Crippen LogP contribution < -0.4 is 4.31 Å². The number of carbonyl (C=O) groups excluding carboxylic acids is 1. The first-order valence-corrected chi connectivity index (χ1v) is 12.1. The Morgan fingerprint density at radius 3 is 2.31 bits per heavy atom. The molecular weight excluding hydrogens is 427 g/mol. The molecule has 1 amide bonds. The van der Waals surface area contributed by atoms with Gasteiger partial charge in [0.15, 0.2) is 0 Å². The number of nitrogens with zero attached hydrogens (tertiary/aromatic N) is 2. The summed E-state index contributed by atoms with van der Waals surface area (Å²) in [6.07, 6.45) is 1.71. The molecule has 1 aliphatic carbocycles. The second-order valence-corrected chi connectivity index (χ2v) is 9.65. The molecule has 5 nitrogen and oxygen atoms in total. The van der Waals surface area contributed by atoms with Gasteiger partial charge in [0.25, 0.3) is 15.9 Å². The van der Waals surface area contributed by atoms with Crippen molar-refractivity contribution in [3.63, 3.8) is 0 Å². The molecule has 3 aromatic rings. The predicted octanol–water partition coefficient (Wildman–Crippen LogP) is 4.85. The molecule has 0 aliphatic heterocycles. The maximum absolute atomic E-state index is 14.2. The molecule has 0 aromatic heterocycles. The first kappa shape index (κ1) is 22.0. The van der Waals surface area contributed by atoms with E-state index in [1.165, 1.54) is 22.5 Å². The van der Waals surface area contributed by atoms with Crippen molar-refractivity contribution in [1.29, 1.82) is 0 Å². The lowest BCUT2D eigenvalue weighted by atomic mass is 10.1. The van der Waals surface area contributed by atoms with Gasteiger partial charge in [0, 0.05) is 30.3 Å². The van der Waals surface area contributed by atoms with Gasteiger partial charge >= 0.3 is 0 Å². The fraction of sp³-hybridized carbons (Fsp3) is 0.240. The number of rotatable bonds is 8. The summed E-state index contributed by atoms with van der Waals surface area (Å²) in [6, 6.07) is 21.4. The first-order valence-electron chi connectivity index (χ1n) is 10.6. The van der Waals surface area contributed by atoms with Gasteiger partial charge in [0.2, 0.25) is 0 Å². The summed E-state index contributed by atoms with van der Waals surface area (Å²) >= 11 is 0. The highest BCUT2D eigenvalue weighted by molar-refractivity contribution is 7.92. The molecule has 7 heteroatoms. The fourth-order valence-corrected chi connectivity index (χ4v) is 5.25. The number of halogens is 1. The topological polar surface area (TPSA) is 57.7 Å². The van der Waals surface area contributed by atoms with Gasteiger partial charge in [-0.15, -0.1) is 0 Å². The second kappa shape index (κ2) is 9.12. The van der Waals surface area contributed by atoms with Crippen molar-refractivity contribution in [2.24, 2.45) is 0 Å². The Kier molecular flexibility index (Phi) is 6.28. The molecule has 0 heterocycles. The van der Waals surface area contributed by atoms with Crippen LogP contribution in [-0.4, -0.2) is 31.8 Å². The van der Waals surface area contributed by atoms with E-state index >= 15 is 0 Å². The molecular formula is C25H25FN2O3S. The van der Waals surface area contributed by atoms with Gasteiger partial charge in [0.05, 0.1) is 10.6 Å². The van der Waals surface area contributed by atoms with Crippen LogP contribution in [0.4, 0.5) is 10.1 Å². The van der Waals surface area contributed by atoms with Crippen LogP contribution >= 0.6 is 0 Å². The zero-order valence-electron chi connectivity index (χ0n) is 17.8. The van der Waals surface area contributed by atoms with Crippen molar-refractivity contribution in [2.45, 2.75) is 37.2 Å². The number of para-hydroxylation sites is 1. The largest absolute Gasteiger partial charge is 0.331 e. The lowest BCUT2D eigenvalue weighted by Gasteiger charge is -2.25. The summed E-state index contributed by atoms with van der Waals surface area (Å²) in [7, 11) is -3.85. The second-order valence-electron chi connectivity index (χ2n) is 7.79. The zero-order valence-corrected chi connectivity index (χ0v) is 18.6. The van der Waals surface area contributed by atoms with E-state index in [9.17, 15) is 17.6 Å². The predicted molar refractivity (Wildman–Crippen MR) is 122 cm³/mol. The third kappa shape index (κ3) is 4.53. The number of amides is 1. The van der Waals surface area contributed by atoms with E-state index in [2.05, 4.69) is 0 Å². The van der Waals surface area contributed by atoms with Crippen LogP contribution in [0.3, 0.4) is 0 Å². The smallest absolute Gasteiger partial charge is 0.264 e. The van der Waals surface area contributed by atoms with Crippen LogP contribution in [0.1, 0.15) is 35.7 Å². The monoisotopic (exact) mass is 452 g/mol. The van der Waals surface area contributed by atoms with Crippen molar-refractivity contribution in [3.05, 3.63) is 95.8 Å². The zero-order chi connectivity index (χ0) is 22.7. The van der Waals surface area contributed by atoms with Crippen LogP contribution in [0, 0.1) is 5.82 Å². The number of anilines is 1. The Morgan fingerprint density at radius 2 is 1.66 bits per heavy atom. The van der Waals surface area contributed by atoms with Crippen molar-refractivity contribution in [3.8, 4) is 0 Å². The summed E-state index contributed by atoms with van der Waals surface area (Å²) < 4.78 is 42.2. The Morgan fingerprint density at radius 1 is 0.969 bits per heavy atom. The number of hydrogen-bond acceptors (Lipinski definition) is 3. The standard InChI is InChI=1S/C25H25FN2O3S/c1-2-28(22-11-4-3-5-12-22)32(30,31)23-13-8-10-19(17-23)25(29)27(21-15-16-21)18-20-9-6-7-14-24(20)26/h3-14,17,21H,2,15-16,18H2,1H3. The Balaban J connectivity index is 1.64. The van der Waals surface area contributed by atoms with Crippen LogP contribution in [-0.2, 0) is 16.6 Å². The van der Waals surface area contributed by atoms with Crippen LogP contribution in [0.5, 0.6) is 0 Å². The van der Waals surface area contributed by atoms with Gasteiger partial charge in [-0.2, -0.15) is 0 Å². The van der Waals surface area contributed by atoms with Crippen molar-refractivity contribution < 1.29 is 17.6 Å². The molecule has 0 bridgehead atoms. The summed E-state index contributed by atoms with van der Waals surface area (Å²) in [4.78, 5) is 15.0. The maximum Gasteiger partial charge on any atom is 0.264 e. The van der Waals surface area contributed by atoms with E-state index < -0.39 is 10.0 Å². The summed E-state index contributed by atoms with van der Waals surface area (Å²) in [6.45, 7) is 2.17. The molecule has 1 aliphatic rings. The molecule has 1 saturated carbocycles. The molecule has 32 heavy (non-hydrogen) atoms. The van der Waals surface area contributed by atoms with Crippen molar-refractivity contribution in [2.75, 3.05) is 10.8 Å². The Bertz CT molecular complexity index is 1210. The molecule has 0 spiro atoms.